The summed E-state index contributed by atoms with van der Waals surface area (Å²) in [5.41, 5.74) is 1.52. The standard InChI is InChI=1S/C14H15N7/c1-2-11(21-10-15-9-18-21)8-20(7-1)13-4-3-12-14(19-13)17-6-5-16-12/h3-6,9-11H,1-2,7-8H2. The van der Waals surface area contributed by atoms with Crippen LogP contribution in [-0.2, 0) is 0 Å². The van der Waals surface area contributed by atoms with Gasteiger partial charge in [0.25, 0.3) is 0 Å². The van der Waals surface area contributed by atoms with E-state index in [1.165, 1.54) is 0 Å². The molecular formula is C14H15N7. The van der Waals surface area contributed by atoms with E-state index in [0.717, 1.165) is 37.3 Å². The number of aromatic nitrogens is 6. The lowest BCUT2D eigenvalue weighted by Gasteiger charge is -2.33. The topological polar surface area (TPSA) is 72.6 Å². The lowest BCUT2D eigenvalue weighted by molar-refractivity contribution is 0.374. The molecular weight excluding hydrogens is 266 g/mol. The molecule has 4 heterocycles. The average molecular weight is 281 g/mol. The smallest absolute Gasteiger partial charge is 0.180 e. The molecule has 4 rings (SSSR count). The predicted molar refractivity (Wildman–Crippen MR) is 77.8 cm³/mol. The molecule has 1 atom stereocenters. The molecule has 7 nitrogen and oxygen atoms in total. The molecule has 0 N–H and O–H groups in total. The van der Waals surface area contributed by atoms with Crippen molar-refractivity contribution in [1.82, 2.24) is 29.7 Å². The number of rotatable bonds is 2. The summed E-state index contributed by atoms with van der Waals surface area (Å²) in [6.07, 6.45) is 8.97. The fourth-order valence-electron chi connectivity index (χ4n) is 2.81. The van der Waals surface area contributed by atoms with E-state index in [1.807, 2.05) is 16.8 Å². The van der Waals surface area contributed by atoms with Gasteiger partial charge in [0.05, 0.1) is 6.04 Å². The number of nitrogens with zero attached hydrogens (tertiary/aromatic N) is 7. The van der Waals surface area contributed by atoms with Crippen molar-refractivity contribution in [3.05, 3.63) is 37.2 Å². The van der Waals surface area contributed by atoms with Gasteiger partial charge in [-0.3, -0.25) is 4.98 Å². The van der Waals surface area contributed by atoms with Crippen LogP contribution in [0.4, 0.5) is 5.82 Å². The summed E-state index contributed by atoms with van der Waals surface area (Å²) in [4.78, 5) is 19.5. The van der Waals surface area contributed by atoms with E-state index in [4.69, 9.17) is 0 Å². The van der Waals surface area contributed by atoms with E-state index in [2.05, 4.69) is 29.9 Å². The maximum Gasteiger partial charge on any atom is 0.180 e. The second-order valence-corrected chi connectivity index (χ2v) is 5.19. The minimum atomic E-state index is 0.348. The summed E-state index contributed by atoms with van der Waals surface area (Å²) in [5, 5.41) is 4.25. The summed E-state index contributed by atoms with van der Waals surface area (Å²) in [6, 6.07) is 4.34. The summed E-state index contributed by atoms with van der Waals surface area (Å²) < 4.78 is 1.94. The third kappa shape index (κ3) is 2.31. The van der Waals surface area contributed by atoms with Crippen molar-refractivity contribution < 1.29 is 0 Å². The van der Waals surface area contributed by atoms with E-state index in [1.54, 1.807) is 25.0 Å². The van der Waals surface area contributed by atoms with Crippen molar-refractivity contribution in [2.75, 3.05) is 18.0 Å². The van der Waals surface area contributed by atoms with Gasteiger partial charge >= 0.3 is 0 Å². The van der Waals surface area contributed by atoms with Gasteiger partial charge in [-0.2, -0.15) is 5.10 Å². The van der Waals surface area contributed by atoms with Crippen LogP contribution in [0.2, 0.25) is 0 Å². The molecule has 3 aromatic rings. The van der Waals surface area contributed by atoms with Gasteiger partial charge in [0.1, 0.15) is 24.0 Å². The van der Waals surface area contributed by atoms with E-state index >= 15 is 0 Å². The Labute approximate surface area is 121 Å². The van der Waals surface area contributed by atoms with E-state index in [0.29, 0.717) is 11.7 Å². The summed E-state index contributed by atoms with van der Waals surface area (Å²) >= 11 is 0. The van der Waals surface area contributed by atoms with Crippen molar-refractivity contribution >= 4 is 17.0 Å². The zero-order valence-electron chi connectivity index (χ0n) is 11.5. The Kier molecular flexibility index (Phi) is 2.95. The molecule has 21 heavy (non-hydrogen) atoms. The number of pyridine rings is 1. The zero-order chi connectivity index (χ0) is 14.1. The quantitative estimate of drug-likeness (QED) is 0.708. The number of hydrogen-bond donors (Lipinski definition) is 0. The lowest BCUT2D eigenvalue weighted by Crippen LogP contribution is -2.37. The summed E-state index contributed by atoms with van der Waals surface area (Å²) in [6.45, 7) is 1.89. The molecule has 0 saturated carbocycles. The van der Waals surface area contributed by atoms with Crippen molar-refractivity contribution in [2.45, 2.75) is 18.9 Å². The Bertz CT molecular complexity index is 740. The monoisotopic (exact) mass is 281 g/mol. The number of anilines is 1. The molecule has 1 aliphatic rings. The Morgan fingerprint density at radius 1 is 1.14 bits per heavy atom. The van der Waals surface area contributed by atoms with Gasteiger partial charge in [-0.25, -0.2) is 19.6 Å². The van der Waals surface area contributed by atoms with E-state index < -0.39 is 0 Å². The molecule has 0 spiro atoms. The van der Waals surface area contributed by atoms with E-state index in [9.17, 15) is 0 Å². The van der Waals surface area contributed by atoms with Crippen LogP contribution in [-0.4, -0.2) is 42.8 Å². The number of piperidine rings is 1. The van der Waals surface area contributed by atoms with Crippen molar-refractivity contribution in [3.8, 4) is 0 Å². The first-order valence-corrected chi connectivity index (χ1v) is 7.07. The zero-order valence-corrected chi connectivity index (χ0v) is 11.5. The minimum Gasteiger partial charge on any atom is -0.354 e. The first kappa shape index (κ1) is 12.2. The van der Waals surface area contributed by atoms with Crippen molar-refractivity contribution in [3.63, 3.8) is 0 Å². The highest BCUT2D eigenvalue weighted by atomic mass is 15.4. The van der Waals surface area contributed by atoms with Crippen LogP contribution in [0.1, 0.15) is 18.9 Å². The van der Waals surface area contributed by atoms with Gasteiger partial charge < -0.3 is 4.90 Å². The molecule has 1 aliphatic heterocycles. The van der Waals surface area contributed by atoms with Gasteiger partial charge in [0.15, 0.2) is 5.65 Å². The molecule has 0 aromatic carbocycles. The van der Waals surface area contributed by atoms with Gasteiger partial charge in [0, 0.05) is 25.5 Å². The van der Waals surface area contributed by atoms with Gasteiger partial charge in [0.2, 0.25) is 0 Å². The second-order valence-electron chi connectivity index (χ2n) is 5.19. The number of fused-ring (bicyclic) bond motifs is 1. The highest BCUT2D eigenvalue weighted by molar-refractivity contribution is 5.71. The fraction of sp³-hybridized carbons (Fsp3) is 0.357. The molecule has 1 saturated heterocycles. The normalized spacial score (nSPS) is 19.0. The fourth-order valence-corrected chi connectivity index (χ4v) is 2.81. The summed E-state index contributed by atoms with van der Waals surface area (Å²) in [7, 11) is 0. The molecule has 1 fully saturated rings. The molecule has 1 unspecified atom stereocenters. The largest absolute Gasteiger partial charge is 0.354 e. The Morgan fingerprint density at radius 3 is 3.00 bits per heavy atom. The van der Waals surface area contributed by atoms with Gasteiger partial charge in [-0.05, 0) is 25.0 Å². The first-order valence-electron chi connectivity index (χ1n) is 7.07. The van der Waals surface area contributed by atoms with Crippen LogP contribution in [0.5, 0.6) is 0 Å². The van der Waals surface area contributed by atoms with Gasteiger partial charge in [-0.15, -0.1) is 0 Å². The molecule has 106 valence electrons. The predicted octanol–water partition coefficient (Wildman–Crippen LogP) is 1.46. The van der Waals surface area contributed by atoms with Crippen molar-refractivity contribution in [2.24, 2.45) is 0 Å². The SMILES string of the molecule is c1cnc2nc(N3CCCC(n4cncn4)C3)ccc2n1. The molecule has 0 aliphatic carbocycles. The number of hydrogen-bond acceptors (Lipinski definition) is 6. The van der Waals surface area contributed by atoms with Crippen LogP contribution in [0.3, 0.4) is 0 Å². The molecule has 7 heteroatoms. The highest BCUT2D eigenvalue weighted by Gasteiger charge is 2.22. The maximum atomic E-state index is 4.62. The lowest BCUT2D eigenvalue weighted by atomic mass is 10.1. The Morgan fingerprint density at radius 2 is 2.10 bits per heavy atom. The molecule has 0 radical (unpaired) electrons. The highest BCUT2D eigenvalue weighted by Crippen LogP contribution is 2.25. The van der Waals surface area contributed by atoms with Crippen LogP contribution in [0, 0.1) is 0 Å². The average Bonchev–Trinajstić information content (AvgIpc) is 3.09. The van der Waals surface area contributed by atoms with Crippen LogP contribution < -0.4 is 4.90 Å². The molecule has 3 aromatic heterocycles. The van der Waals surface area contributed by atoms with Crippen molar-refractivity contribution in [1.29, 1.82) is 0 Å². The Balaban J connectivity index is 1.62. The van der Waals surface area contributed by atoms with Crippen LogP contribution in [0.25, 0.3) is 11.2 Å². The summed E-state index contributed by atoms with van der Waals surface area (Å²) in [5.74, 6) is 0.952. The van der Waals surface area contributed by atoms with Gasteiger partial charge in [-0.1, -0.05) is 0 Å². The third-order valence-corrected chi connectivity index (χ3v) is 3.85. The third-order valence-electron chi connectivity index (χ3n) is 3.85. The second kappa shape index (κ2) is 5.08. The van der Waals surface area contributed by atoms with Crippen LogP contribution >= 0.6 is 0 Å². The van der Waals surface area contributed by atoms with E-state index in [-0.39, 0.29) is 0 Å². The minimum absolute atomic E-state index is 0.348. The van der Waals surface area contributed by atoms with Crippen LogP contribution in [0.15, 0.2) is 37.2 Å². The Hall–Kier alpha value is -2.57. The first-order chi connectivity index (χ1) is 10.4. The maximum absolute atomic E-state index is 4.62. The molecule has 0 bridgehead atoms. The molecule has 0 amide bonds.